The fraction of sp³-hybridized carbons (Fsp3) is 0.320. The Balaban J connectivity index is 1.48. The first-order valence-electron chi connectivity index (χ1n) is 11.4. The maximum absolute atomic E-state index is 14.5. The molecule has 34 heavy (non-hydrogen) atoms. The molecule has 6 nitrogen and oxygen atoms in total. The molecule has 9 heteroatoms. The van der Waals surface area contributed by atoms with E-state index in [1.807, 2.05) is 24.4 Å². The first-order chi connectivity index (χ1) is 16.4. The summed E-state index contributed by atoms with van der Waals surface area (Å²) in [5.74, 6) is -1.55. The maximum Gasteiger partial charge on any atom is 0.144 e. The molecule has 0 amide bonds. The molecule has 1 aliphatic rings. The lowest BCUT2D eigenvalue weighted by atomic mass is 10.0. The lowest BCUT2D eigenvalue weighted by Gasteiger charge is -2.37. The van der Waals surface area contributed by atoms with Gasteiger partial charge in [0.2, 0.25) is 0 Å². The van der Waals surface area contributed by atoms with Crippen LogP contribution in [0.15, 0.2) is 42.7 Å². The molecule has 0 bridgehead atoms. The van der Waals surface area contributed by atoms with Crippen LogP contribution in [-0.2, 0) is 0 Å². The molecule has 3 aromatic heterocycles. The van der Waals surface area contributed by atoms with Crippen LogP contribution in [0, 0.1) is 11.6 Å². The van der Waals surface area contributed by atoms with Gasteiger partial charge in [-0.1, -0.05) is 18.5 Å². The van der Waals surface area contributed by atoms with Crippen LogP contribution in [0.3, 0.4) is 0 Å². The fourth-order valence-corrected chi connectivity index (χ4v) is 4.73. The number of nitrogens with one attached hydrogen (secondary N) is 1. The molecule has 0 aliphatic carbocycles. The third-order valence-corrected chi connectivity index (χ3v) is 6.95. The predicted octanol–water partition coefficient (Wildman–Crippen LogP) is 5.54. The molecular weight excluding hydrogens is 458 g/mol. The van der Waals surface area contributed by atoms with Gasteiger partial charge in [-0.2, -0.15) is 5.10 Å². The minimum Gasteiger partial charge on any atom is -0.370 e. The number of fused-ring (bicyclic) bond motifs is 1. The van der Waals surface area contributed by atoms with Gasteiger partial charge in [0, 0.05) is 49.6 Å². The topological polar surface area (TPSA) is 60.9 Å². The summed E-state index contributed by atoms with van der Waals surface area (Å²) in [5.41, 5.74) is 4.13. The molecule has 5 rings (SSSR count). The summed E-state index contributed by atoms with van der Waals surface area (Å²) >= 11 is 5.90. The van der Waals surface area contributed by atoms with Gasteiger partial charge in [-0.05, 0) is 43.7 Å². The van der Waals surface area contributed by atoms with Crippen LogP contribution in [0.4, 0.5) is 14.5 Å². The normalized spacial score (nSPS) is 15.2. The number of hydrogen-bond acceptors (Lipinski definition) is 5. The Morgan fingerprint density at radius 3 is 2.65 bits per heavy atom. The average Bonchev–Trinajstić information content (AvgIpc) is 3.35. The number of benzene rings is 1. The van der Waals surface area contributed by atoms with Crippen LogP contribution in [-0.4, -0.2) is 57.8 Å². The molecule has 1 fully saturated rings. The molecule has 0 radical (unpaired) electrons. The van der Waals surface area contributed by atoms with Gasteiger partial charge >= 0.3 is 0 Å². The van der Waals surface area contributed by atoms with Crippen LogP contribution in [0.5, 0.6) is 0 Å². The molecule has 176 valence electrons. The fourth-order valence-electron chi connectivity index (χ4n) is 4.57. The first kappa shape index (κ1) is 22.7. The van der Waals surface area contributed by atoms with E-state index in [1.165, 1.54) is 6.07 Å². The van der Waals surface area contributed by atoms with E-state index in [2.05, 4.69) is 39.0 Å². The second-order valence-electron chi connectivity index (χ2n) is 8.60. The third-order valence-electron chi connectivity index (χ3n) is 6.66. The Labute approximate surface area is 201 Å². The first-order valence-corrected chi connectivity index (χ1v) is 11.7. The Kier molecular flexibility index (Phi) is 6.18. The summed E-state index contributed by atoms with van der Waals surface area (Å²) in [7, 11) is 2.11. The highest BCUT2D eigenvalue weighted by Gasteiger charge is 2.23. The van der Waals surface area contributed by atoms with Crippen LogP contribution in [0.2, 0.25) is 5.02 Å². The van der Waals surface area contributed by atoms with Gasteiger partial charge in [0.15, 0.2) is 0 Å². The number of likely N-dealkylation sites (tertiary alicyclic amines) is 1. The van der Waals surface area contributed by atoms with Crippen LogP contribution < -0.4 is 4.90 Å². The highest BCUT2D eigenvalue weighted by molar-refractivity contribution is 6.31. The molecule has 0 unspecified atom stereocenters. The van der Waals surface area contributed by atoms with Gasteiger partial charge in [0.1, 0.15) is 17.3 Å². The summed E-state index contributed by atoms with van der Waals surface area (Å²) < 4.78 is 28.2. The third kappa shape index (κ3) is 4.23. The molecule has 4 heterocycles. The van der Waals surface area contributed by atoms with E-state index in [9.17, 15) is 8.78 Å². The van der Waals surface area contributed by atoms with Crippen molar-refractivity contribution in [2.24, 2.45) is 0 Å². The molecule has 1 aromatic carbocycles. The van der Waals surface area contributed by atoms with Crippen LogP contribution in [0.1, 0.15) is 19.8 Å². The highest BCUT2D eigenvalue weighted by Crippen LogP contribution is 2.34. The van der Waals surface area contributed by atoms with Gasteiger partial charge in [-0.15, -0.1) is 0 Å². The van der Waals surface area contributed by atoms with Gasteiger partial charge < -0.3 is 9.80 Å². The number of anilines is 1. The summed E-state index contributed by atoms with van der Waals surface area (Å²) in [6.07, 6.45) is 5.75. The van der Waals surface area contributed by atoms with Crippen molar-refractivity contribution in [3.8, 4) is 22.5 Å². The SMILES string of the molecule is CCN1CCC(N(C)c2cnc3ccc(-c4c[nH]nc4-c4cc(Cl)c(F)cc4F)nc3c2)CC1. The Bertz CT molecular complexity index is 1330. The van der Waals surface area contributed by atoms with Gasteiger partial charge in [0.25, 0.3) is 0 Å². The smallest absolute Gasteiger partial charge is 0.144 e. The number of H-pyrrole nitrogens is 1. The zero-order valence-corrected chi connectivity index (χ0v) is 19.8. The molecule has 0 saturated carbocycles. The molecule has 0 atom stereocenters. The molecule has 0 spiro atoms. The van der Waals surface area contributed by atoms with E-state index in [4.69, 9.17) is 16.6 Å². The van der Waals surface area contributed by atoms with Crippen molar-refractivity contribution in [3.05, 3.63) is 59.4 Å². The van der Waals surface area contributed by atoms with E-state index >= 15 is 0 Å². The molecular formula is C25H25ClF2N6. The van der Waals surface area contributed by atoms with Crippen molar-refractivity contribution >= 4 is 28.3 Å². The second-order valence-corrected chi connectivity index (χ2v) is 9.01. The zero-order chi connectivity index (χ0) is 23.8. The van der Waals surface area contributed by atoms with Crippen molar-refractivity contribution in [3.63, 3.8) is 0 Å². The predicted molar refractivity (Wildman–Crippen MR) is 131 cm³/mol. The number of aromatic amines is 1. The largest absolute Gasteiger partial charge is 0.370 e. The van der Waals surface area contributed by atoms with Gasteiger partial charge in [-0.3, -0.25) is 10.1 Å². The number of aromatic nitrogens is 4. The maximum atomic E-state index is 14.5. The second kappa shape index (κ2) is 9.27. The minimum atomic E-state index is -0.813. The summed E-state index contributed by atoms with van der Waals surface area (Å²) in [5, 5.41) is 6.78. The number of hydrogen-bond donors (Lipinski definition) is 1. The van der Waals surface area contributed by atoms with Crippen LogP contribution >= 0.6 is 11.6 Å². The molecule has 1 aliphatic heterocycles. The number of piperidine rings is 1. The number of halogens is 3. The summed E-state index contributed by atoms with van der Waals surface area (Å²) in [6.45, 7) is 5.49. The average molecular weight is 483 g/mol. The molecule has 4 aromatic rings. The Morgan fingerprint density at radius 1 is 1.09 bits per heavy atom. The summed E-state index contributed by atoms with van der Waals surface area (Å²) in [6, 6.07) is 8.19. The van der Waals surface area contributed by atoms with Gasteiger partial charge in [-0.25, -0.2) is 13.8 Å². The van der Waals surface area contributed by atoms with E-state index in [-0.39, 0.29) is 10.6 Å². The monoisotopic (exact) mass is 482 g/mol. The Morgan fingerprint density at radius 2 is 1.88 bits per heavy atom. The van der Waals surface area contributed by atoms with E-state index < -0.39 is 11.6 Å². The van der Waals surface area contributed by atoms with Crippen molar-refractivity contribution in [1.82, 2.24) is 25.1 Å². The lowest BCUT2D eigenvalue weighted by molar-refractivity contribution is 0.221. The van der Waals surface area contributed by atoms with Crippen molar-refractivity contribution in [2.45, 2.75) is 25.8 Å². The molecule has 1 N–H and O–H groups in total. The van der Waals surface area contributed by atoms with E-state index in [0.717, 1.165) is 55.3 Å². The Hall–Kier alpha value is -3.10. The van der Waals surface area contributed by atoms with E-state index in [0.29, 0.717) is 23.0 Å². The standard InChI is InChI=1S/C25H25ClF2N6/c1-3-34-8-6-15(7-9-34)33(2)16-10-24-23(29-13-16)5-4-22(31-24)18-14-30-32-25(18)17-11-19(26)21(28)12-20(17)27/h4-5,10-15H,3,6-9H2,1-2H3,(H,30,32). The number of nitrogens with zero attached hydrogens (tertiary/aromatic N) is 5. The van der Waals surface area contributed by atoms with Crippen molar-refractivity contribution in [1.29, 1.82) is 0 Å². The quantitative estimate of drug-likeness (QED) is 0.378. The lowest BCUT2D eigenvalue weighted by Crippen LogP contribution is -2.43. The zero-order valence-electron chi connectivity index (χ0n) is 19.0. The highest BCUT2D eigenvalue weighted by atomic mass is 35.5. The number of rotatable bonds is 5. The summed E-state index contributed by atoms with van der Waals surface area (Å²) in [4.78, 5) is 14.2. The minimum absolute atomic E-state index is 0.106. The van der Waals surface area contributed by atoms with Crippen LogP contribution in [0.25, 0.3) is 33.5 Å². The van der Waals surface area contributed by atoms with Gasteiger partial charge in [0.05, 0.1) is 33.6 Å². The molecule has 1 saturated heterocycles. The van der Waals surface area contributed by atoms with Crippen molar-refractivity contribution in [2.75, 3.05) is 31.6 Å². The van der Waals surface area contributed by atoms with Crippen molar-refractivity contribution < 1.29 is 8.78 Å². The van der Waals surface area contributed by atoms with E-state index in [1.54, 1.807) is 6.20 Å². The number of pyridine rings is 2.